The molecule has 3 rings (SSSR count). The summed E-state index contributed by atoms with van der Waals surface area (Å²) < 4.78 is 0. The summed E-state index contributed by atoms with van der Waals surface area (Å²) in [6, 6.07) is 10.6. The van der Waals surface area contributed by atoms with Crippen LogP contribution in [0.25, 0.3) is 0 Å². The monoisotopic (exact) mass is 375 g/mol. The van der Waals surface area contributed by atoms with Crippen molar-refractivity contribution in [1.82, 2.24) is 25.6 Å². The van der Waals surface area contributed by atoms with Gasteiger partial charge in [0, 0.05) is 24.2 Å². The highest BCUT2D eigenvalue weighted by atomic mass is 16.2. The molecule has 0 fully saturated rings. The Kier molecular flexibility index (Phi) is 6.06. The van der Waals surface area contributed by atoms with Crippen LogP contribution >= 0.6 is 0 Å². The lowest BCUT2D eigenvalue weighted by Crippen LogP contribution is -2.26. The molecule has 0 aromatic carbocycles. The summed E-state index contributed by atoms with van der Waals surface area (Å²) in [5.41, 5.74) is 4.21. The lowest BCUT2D eigenvalue weighted by Gasteiger charge is -2.08. The average Bonchev–Trinajstić information content (AvgIpc) is 2.70. The van der Waals surface area contributed by atoms with Crippen molar-refractivity contribution >= 4 is 11.8 Å². The lowest BCUT2D eigenvalue weighted by atomic mass is 10.2. The summed E-state index contributed by atoms with van der Waals surface area (Å²) in [5.74, 6) is -0.654. The Balaban J connectivity index is 1.60. The van der Waals surface area contributed by atoms with E-state index in [-0.39, 0.29) is 24.1 Å². The zero-order valence-corrected chi connectivity index (χ0v) is 15.8. The second-order valence-electron chi connectivity index (χ2n) is 6.44. The molecule has 28 heavy (non-hydrogen) atoms. The SMILES string of the molecule is Cc1ccnc(CNC(=O)c2ccnc(C(=O)NCc3cc(C)ccn3)c2)c1. The van der Waals surface area contributed by atoms with Gasteiger partial charge in [-0.3, -0.25) is 24.5 Å². The van der Waals surface area contributed by atoms with Crippen molar-refractivity contribution < 1.29 is 9.59 Å². The van der Waals surface area contributed by atoms with Gasteiger partial charge in [0.1, 0.15) is 5.69 Å². The molecule has 0 spiro atoms. The minimum absolute atomic E-state index is 0.175. The molecule has 142 valence electrons. The minimum atomic E-state index is -0.363. The molecule has 0 bridgehead atoms. The van der Waals surface area contributed by atoms with Gasteiger partial charge in [-0.1, -0.05) is 0 Å². The van der Waals surface area contributed by atoms with Crippen LogP contribution in [0.5, 0.6) is 0 Å². The molecule has 7 heteroatoms. The first-order chi connectivity index (χ1) is 13.5. The molecule has 0 aliphatic rings. The van der Waals surface area contributed by atoms with Crippen molar-refractivity contribution in [1.29, 1.82) is 0 Å². The molecule has 2 amide bonds. The third kappa shape index (κ3) is 5.20. The first-order valence-electron chi connectivity index (χ1n) is 8.87. The highest BCUT2D eigenvalue weighted by Crippen LogP contribution is 2.05. The molecule has 0 unspecified atom stereocenters. The van der Waals surface area contributed by atoms with Gasteiger partial charge in [0.25, 0.3) is 11.8 Å². The molecule has 3 aromatic heterocycles. The molecule has 0 aliphatic heterocycles. The second-order valence-corrected chi connectivity index (χ2v) is 6.44. The maximum atomic E-state index is 12.4. The van der Waals surface area contributed by atoms with Gasteiger partial charge in [-0.25, -0.2) is 0 Å². The fourth-order valence-electron chi connectivity index (χ4n) is 2.62. The Hall–Kier alpha value is -3.61. The van der Waals surface area contributed by atoms with Crippen LogP contribution in [-0.2, 0) is 13.1 Å². The molecule has 0 saturated carbocycles. The van der Waals surface area contributed by atoms with Crippen LogP contribution in [-0.4, -0.2) is 26.8 Å². The molecular formula is C21H21N5O2. The molecule has 0 atom stereocenters. The Morgan fingerprint density at radius 1 is 0.750 bits per heavy atom. The third-order valence-electron chi connectivity index (χ3n) is 4.06. The van der Waals surface area contributed by atoms with Crippen molar-refractivity contribution in [2.75, 3.05) is 0 Å². The number of hydrogen-bond donors (Lipinski definition) is 2. The number of aromatic nitrogens is 3. The van der Waals surface area contributed by atoms with Crippen molar-refractivity contribution in [3.63, 3.8) is 0 Å². The molecule has 0 radical (unpaired) electrons. The number of aryl methyl sites for hydroxylation is 2. The van der Waals surface area contributed by atoms with Crippen LogP contribution in [0.3, 0.4) is 0 Å². The normalized spacial score (nSPS) is 10.4. The van der Waals surface area contributed by atoms with Gasteiger partial charge in [0.05, 0.1) is 24.5 Å². The van der Waals surface area contributed by atoms with E-state index >= 15 is 0 Å². The van der Waals surface area contributed by atoms with Gasteiger partial charge in [-0.05, 0) is 61.4 Å². The molecule has 7 nitrogen and oxygen atoms in total. The van der Waals surface area contributed by atoms with E-state index in [9.17, 15) is 9.59 Å². The van der Waals surface area contributed by atoms with E-state index in [0.717, 1.165) is 22.5 Å². The van der Waals surface area contributed by atoms with E-state index in [1.54, 1.807) is 18.5 Å². The molecule has 3 heterocycles. The second kappa shape index (κ2) is 8.85. The van der Waals surface area contributed by atoms with Gasteiger partial charge in [0.2, 0.25) is 0 Å². The molecular weight excluding hydrogens is 354 g/mol. The van der Waals surface area contributed by atoms with Crippen LogP contribution < -0.4 is 10.6 Å². The van der Waals surface area contributed by atoms with E-state index in [4.69, 9.17) is 0 Å². The Morgan fingerprint density at radius 2 is 1.29 bits per heavy atom. The van der Waals surface area contributed by atoms with Crippen LogP contribution in [0.4, 0.5) is 0 Å². The van der Waals surface area contributed by atoms with Crippen molar-refractivity contribution in [3.05, 3.63) is 88.8 Å². The predicted molar refractivity (Wildman–Crippen MR) is 105 cm³/mol. The number of hydrogen-bond acceptors (Lipinski definition) is 5. The van der Waals surface area contributed by atoms with E-state index in [1.807, 2.05) is 38.1 Å². The van der Waals surface area contributed by atoms with Gasteiger partial charge in [-0.2, -0.15) is 0 Å². The largest absolute Gasteiger partial charge is 0.346 e. The van der Waals surface area contributed by atoms with Crippen LogP contribution in [0.15, 0.2) is 55.0 Å². The predicted octanol–water partition coefficient (Wildman–Crippen LogP) is 2.35. The Morgan fingerprint density at radius 3 is 1.86 bits per heavy atom. The third-order valence-corrected chi connectivity index (χ3v) is 4.06. The zero-order valence-electron chi connectivity index (χ0n) is 15.8. The summed E-state index contributed by atoms with van der Waals surface area (Å²) in [7, 11) is 0. The van der Waals surface area contributed by atoms with Gasteiger partial charge in [-0.15, -0.1) is 0 Å². The van der Waals surface area contributed by atoms with Crippen molar-refractivity contribution in [2.24, 2.45) is 0 Å². The summed E-state index contributed by atoms with van der Waals surface area (Å²) in [6.45, 7) is 4.52. The van der Waals surface area contributed by atoms with Gasteiger partial charge in [0.15, 0.2) is 0 Å². The highest BCUT2D eigenvalue weighted by Gasteiger charge is 2.12. The number of amides is 2. The van der Waals surface area contributed by atoms with Crippen LogP contribution in [0.1, 0.15) is 43.4 Å². The molecule has 3 aromatic rings. The zero-order chi connectivity index (χ0) is 19.9. The van der Waals surface area contributed by atoms with E-state index in [0.29, 0.717) is 12.1 Å². The summed E-state index contributed by atoms with van der Waals surface area (Å²) >= 11 is 0. The molecule has 2 N–H and O–H groups in total. The summed E-state index contributed by atoms with van der Waals surface area (Å²) in [4.78, 5) is 37.2. The fourth-order valence-corrected chi connectivity index (χ4v) is 2.62. The number of nitrogens with zero attached hydrogens (tertiary/aromatic N) is 3. The van der Waals surface area contributed by atoms with E-state index < -0.39 is 0 Å². The Bertz CT molecular complexity index is 927. The minimum Gasteiger partial charge on any atom is -0.346 e. The highest BCUT2D eigenvalue weighted by molar-refractivity contribution is 5.98. The van der Waals surface area contributed by atoms with Crippen molar-refractivity contribution in [2.45, 2.75) is 26.9 Å². The summed E-state index contributed by atoms with van der Waals surface area (Å²) in [5, 5.41) is 5.57. The first-order valence-corrected chi connectivity index (χ1v) is 8.87. The molecule has 0 saturated heterocycles. The average molecular weight is 375 g/mol. The van der Waals surface area contributed by atoms with Crippen molar-refractivity contribution in [3.8, 4) is 0 Å². The lowest BCUT2D eigenvalue weighted by molar-refractivity contribution is 0.0945. The maximum Gasteiger partial charge on any atom is 0.270 e. The fraction of sp³-hybridized carbons (Fsp3) is 0.190. The summed E-state index contributed by atoms with van der Waals surface area (Å²) in [6.07, 6.45) is 4.84. The quantitative estimate of drug-likeness (QED) is 0.689. The Labute approximate surface area is 163 Å². The number of rotatable bonds is 6. The number of carbonyl (C=O) groups excluding carboxylic acids is 2. The number of nitrogens with one attached hydrogen (secondary N) is 2. The topological polar surface area (TPSA) is 96.9 Å². The standard InChI is InChI=1S/C21H21N5O2/c1-14-3-6-22-17(9-14)12-25-20(27)16-5-8-24-19(11-16)21(28)26-13-18-10-15(2)4-7-23-18/h3-11H,12-13H2,1-2H3,(H,25,27)(H,26,28). The van der Waals surface area contributed by atoms with Gasteiger partial charge >= 0.3 is 0 Å². The smallest absolute Gasteiger partial charge is 0.270 e. The number of pyridine rings is 3. The van der Waals surface area contributed by atoms with Crippen LogP contribution in [0, 0.1) is 13.8 Å². The van der Waals surface area contributed by atoms with E-state index in [1.165, 1.54) is 12.3 Å². The van der Waals surface area contributed by atoms with E-state index in [2.05, 4.69) is 25.6 Å². The number of carbonyl (C=O) groups is 2. The first kappa shape index (κ1) is 19.2. The maximum absolute atomic E-state index is 12.4. The van der Waals surface area contributed by atoms with Gasteiger partial charge < -0.3 is 10.6 Å². The van der Waals surface area contributed by atoms with Crippen LogP contribution in [0.2, 0.25) is 0 Å². The molecule has 0 aliphatic carbocycles.